The molecule has 0 saturated carbocycles. The van der Waals surface area contributed by atoms with E-state index in [-0.39, 0.29) is 0 Å². The van der Waals surface area contributed by atoms with Gasteiger partial charge < -0.3 is 0 Å². The van der Waals surface area contributed by atoms with Crippen molar-refractivity contribution in [2.45, 2.75) is 51.9 Å². The minimum absolute atomic E-state index is 0.720. The highest BCUT2D eigenvalue weighted by Crippen LogP contribution is 2.48. The quantitative estimate of drug-likeness (QED) is 0.582. The van der Waals surface area contributed by atoms with E-state index in [1.807, 2.05) is 0 Å². The van der Waals surface area contributed by atoms with Crippen molar-refractivity contribution in [2.24, 2.45) is 0 Å². The third-order valence-electron chi connectivity index (χ3n) is 4.86. The van der Waals surface area contributed by atoms with Gasteiger partial charge in [0.1, 0.15) is 0 Å². The lowest BCUT2D eigenvalue weighted by molar-refractivity contribution is 1.05. The van der Waals surface area contributed by atoms with Gasteiger partial charge in [0.25, 0.3) is 0 Å². The van der Waals surface area contributed by atoms with Crippen molar-refractivity contribution in [1.82, 2.24) is 0 Å². The summed E-state index contributed by atoms with van der Waals surface area (Å²) in [6, 6.07) is 0. The van der Waals surface area contributed by atoms with Crippen molar-refractivity contribution in [3.05, 3.63) is 46.6 Å². The number of rotatable bonds is 2. The van der Waals surface area contributed by atoms with Crippen molar-refractivity contribution < 1.29 is 0 Å². The molecule has 2 atom stereocenters. The molecule has 0 bridgehead atoms. The van der Waals surface area contributed by atoms with Gasteiger partial charge in [0, 0.05) is 0 Å². The largest absolute Gasteiger partial charge is 0.0798 e. The summed E-state index contributed by atoms with van der Waals surface area (Å²) in [6.45, 7) is 14.2. The molecule has 92 valence electrons. The van der Waals surface area contributed by atoms with Crippen molar-refractivity contribution in [2.75, 3.05) is 0 Å². The predicted molar refractivity (Wildman–Crippen MR) is 80.0 cm³/mol. The summed E-state index contributed by atoms with van der Waals surface area (Å²) < 4.78 is 0. The molecule has 0 radical (unpaired) electrons. The molecule has 0 heterocycles. The summed E-state index contributed by atoms with van der Waals surface area (Å²) in [5.74, 6) is 0. The van der Waals surface area contributed by atoms with Gasteiger partial charge in [-0.3, -0.25) is 0 Å². The Bertz CT molecular complexity index is 416. The maximum atomic E-state index is 2.54. The highest BCUT2D eigenvalue weighted by molar-refractivity contribution is 6.82. The number of hydrogen-bond acceptors (Lipinski definition) is 0. The molecule has 0 N–H and O–H groups in total. The molecule has 2 aliphatic carbocycles. The van der Waals surface area contributed by atoms with Gasteiger partial charge >= 0.3 is 0 Å². The molecule has 0 fully saturated rings. The van der Waals surface area contributed by atoms with E-state index in [4.69, 9.17) is 0 Å². The minimum atomic E-state index is -1.34. The Morgan fingerprint density at radius 1 is 0.765 bits per heavy atom. The van der Waals surface area contributed by atoms with Gasteiger partial charge in [-0.15, -0.1) is 0 Å². The first kappa shape index (κ1) is 12.6. The van der Waals surface area contributed by atoms with Crippen LogP contribution in [-0.2, 0) is 0 Å². The van der Waals surface area contributed by atoms with Crippen LogP contribution >= 0.6 is 0 Å². The Labute approximate surface area is 107 Å². The highest BCUT2D eigenvalue weighted by atomic mass is 28.3. The average molecular weight is 244 g/mol. The van der Waals surface area contributed by atoms with E-state index in [2.05, 4.69) is 65.1 Å². The molecule has 0 aliphatic heterocycles. The molecule has 0 amide bonds. The minimum Gasteiger partial charge on any atom is -0.0798 e. The molecule has 0 aromatic heterocycles. The summed E-state index contributed by atoms with van der Waals surface area (Å²) in [7, 11) is -1.34. The zero-order chi connectivity index (χ0) is 12.8. The summed E-state index contributed by atoms with van der Waals surface area (Å²) in [5, 5.41) is 0. The lowest BCUT2D eigenvalue weighted by Crippen LogP contribution is -2.37. The first-order valence-corrected chi connectivity index (χ1v) is 9.72. The molecule has 17 heavy (non-hydrogen) atoms. The average Bonchev–Trinajstić information content (AvgIpc) is 2.75. The van der Waals surface area contributed by atoms with Crippen LogP contribution in [0.25, 0.3) is 0 Å². The molecular formula is C16H24Si. The van der Waals surface area contributed by atoms with Gasteiger partial charge in [0.15, 0.2) is 0 Å². The molecule has 0 spiro atoms. The van der Waals surface area contributed by atoms with E-state index in [9.17, 15) is 0 Å². The Balaban J connectivity index is 2.33. The second-order valence-electron chi connectivity index (χ2n) is 6.23. The second kappa shape index (κ2) is 4.13. The van der Waals surface area contributed by atoms with Gasteiger partial charge in [-0.1, -0.05) is 59.7 Å². The topological polar surface area (TPSA) is 0 Å². The Morgan fingerprint density at radius 2 is 1.12 bits per heavy atom. The van der Waals surface area contributed by atoms with Crippen LogP contribution in [0.4, 0.5) is 0 Å². The molecule has 0 saturated heterocycles. The van der Waals surface area contributed by atoms with E-state index in [1.165, 1.54) is 11.1 Å². The fraction of sp³-hybridized carbons (Fsp3) is 0.500. The normalized spacial score (nSPS) is 28.8. The summed E-state index contributed by atoms with van der Waals surface area (Å²) in [6.07, 6.45) is 9.54. The van der Waals surface area contributed by atoms with Crippen molar-refractivity contribution in [1.29, 1.82) is 0 Å². The second-order valence-corrected chi connectivity index (χ2v) is 11.1. The summed E-state index contributed by atoms with van der Waals surface area (Å²) in [4.78, 5) is 0. The van der Waals surface area contributed by atoms with Crippen LogP contribution < -0.4 is 0 Å². The third kappa shape index (κ3) is 1.91. The molecule has 0 nitrogen and oxygen atoms in total. The smallest absolute Gasteiger partial charge is 0.0706 e. The van der Waals surface area contributed by atoms with Gasteiger partial charge in [0.05, 0.1) is 8.07 Å². The first-order chi connectivity index (χ1) is 7.85. The molecule has 2 aliphatic rings. The van der Waals surface area contributed by atoms with Crippen LogP contribution in [0.5, 0.6) is 0 Å². The zero-order valence-corrected chi connectivity index (χ0v) is 13.0. The van der Waals surface area contributed by atoms with E-state index in [0.29, 0.717) is 0 Å². The number of hydrogen-bond donors (Lipinski definition) is 0. The fourth-order valence-corrected chi connectivity index (χ4v) is 7.59. The molecule has 1 heteroatoms. The number of allylic oxidation sites excluding steroid dienone is 8. The predicted octanol–water partition coefficient (Wildman–Crippen LogP) is 5.25. The summed E-state index contributed by atoms with van der Waals surface area (Å²) >= 11 is 0. The Kier molecular flexibility index (Phi) is 3.07. The van der Waals surface area contributed by atoms with Crippen LogP contribution in [0.3, 0.4) is 0 Å². The highest BCUT2D eigenvalue weighted by Gasteiger charge is 2.41. The lowest BCUT2D eigenvalue weighted by atomic mass is 10.2. The van der Waals surface area contributed by atoms with E-state index >= 15 is 0 Å². The van der Waals surface area contributed by atoms with Gasteiger partial charge in [-0.05, 0) is 38.8 Å². The zero-order valence-electron chi connectivity index (χ0n) is 12.0. The van der Waals surface area contributed by atoms with Crippen molar-refractivity contribution in [3.63, 3.8) is 0 Å². The van der Waals surface area contributed by atoms with Gasteiger partial charge in [-0.25, -0.2) is 0 Å². The fourth-order valence-electron chi connectivity index (χ4n) is 3.33. The molecule has 2 rings (SSSR count). The Hall–Kier alpha value is -0.823. The maximum Gasteiger partial charge on any atom is 0.0706 e. The van der Waals surface area contributed by atoms with Crippen molar-refractivity contribution >= 4 is 8.07 Å². The van der Waals surface area contributed by atoms with Crippen LogP contribution in [0.2, 0.25) is 24.2 Å². The maximum absolute atomic E-state index is 2.54. The Morgan fingerprint density at radius 3 is 1.35 bits per heavy atom. The standard InChI is InChI=1S/C16H24Si/c1-11-7-9-15(13(11)3)17(5,6)16-10-8-12(2)14(16)4/h7-10,15-16H,1-6H3. The van der Waals surface area contributed by atoms with Gasteiger partial charge in [0.2, 0.25) is 0 Å². The van der Waals surface area contributed by atoms with E-state index in [1.54, 1.807) is 11.1 Å². The van der Waals surface area contributed by atoms with E-state index < -0.39 is 8.07 Å². The van der Waals surface area contributed by atoms with Crippen LogP contribution in [0, 0.1) is 0 Å². The first-order valence-electron chi connectivity index (χ1n) is 6.57. The van der Waals surface area contributed by atoms with Crippen molar-refractivity contribution in [3.8, 4) is 0 Å². The van der Waals surface area contributed by atoms with E-state index in [0.717, 1.165) is 11.1 Å². The van der Waals surface area contributed by atoms with Crippen LogP contribution in [0.15, 0.2) is 46.6 Å². The lowest BCUT2D eigenvalue weighted by Gasteiger charge is -2.36. The monoisotopic (exact) mass is 244 g/mol. The van der Waals surface area contributed by atoms with Crippen LogP contribution in [0.1, 0.15) is 27.7 Å². The van der Waals surface area contributed by atoms with Crippen LogP contribution in [-0.4, -0.2) is 8.07 Å². The molecular weight excluding hydrogens is 220 g/mol. The third-order valence-corrected chi connectivity index (χ3v) is 9.31. The molecule has 2 unspecified atom stereocenters. The molecule has 0 aromatic carbocycles. The SMILES string of the molecule is CC1=C(C)C([Si](C)(C)C2C=CC(C)=C2C)C=C1. The van der Waals surface area contributed by atoms with Gasteiger partial charge in [-0.2, -0.15) is 0 Å². The molecule has 0 aromatic rings. The summed E-state index contributed by atoms with van der Waals surface area (Å²) in [5.41, 5.74) is 7.61.